The van der Waals surface area contributed by atoms with Gasteiger partial charge >= 0.3 is 5.97 Å². The highest BCUT2D eigenvalue weighted by molar-refractivity contribution is 5.96. The monoisotopic (exact) mass is 376 g/mol. The Morgan fingerprint density at radius 1 is 1.14 bits per heavy atom. The second-order valence-corrected chi connectivity index (χ2v) is 7.85. The summed E-state index contributed by atoms with van der Waals surface area (Å²) in [4.78, 5) is 25.1. The molecule has 1 fully saturated rings. The predicted octanol–water partition coefficient (Wildman–Crippen LogP) is 5.45. The summed E-state index contributed by atoms with van der Waals surface area (Å²) in [6, 6.07) is 13.5. The highest BCUT2D eigenvalue weighted by atomic mass is 16.4. The van der Waals surface area contributed by atoms with Gasteiger partial charge in [0.15, 0.2) is 5.43 Å². The lowest BCUT2D eigenvalue weighted by atomic mass is 9.91. The third kappa shape index (κ3) is 2.93. The molecule has 2 aromatic carbocycles. The van der Waals surface area contributed by atoms with Crippen LogP contribution in [0.5, 0.6) is 0 Å². The predicted molar refractivity (Wildman–Crippen MR) is 109 cm³/mol. The molecule has 0 amide bonds. The molecule has 1 aromatic heterocycles. The van der Waals surface area contributed by atoms with E-state index in [1.807, 2.05) is 39.0 Å². The molecule has 1 aliphatic carbocycles. The Hall–Kier alpha value is -2.88. The van der Waals surface area contributed by atoms with E-state index in [4.69, 9.17) is 4.42 Å². The topological polar surface area (TPSA) is 67.5 Å². The van der Waals surface area contributed by atoms with Gasteiger partial charge in [0.2, 0.25) is 0 Å². The summed E-state index contributed by atoms with van der Waals surface area (Å²) < 4.78 is 6.27. The molecule has 0 spiro atoms. The van der Waals surface area contributed by atoms with Crippen LogP contribution in [0.4, 0.5) is 0 Å². The van der Waals surface area contributed by atoms with E-state index in [2.05, 4.69) is 12.1 Å². The molecule has 0 bridgehead atoms. The number of carboxylic acid groups (broad SMARTS) is 1. The van der Waals surface area contributed by atoms with E-state index < -0.39 is 5.97 Å². The lowest BCUT2D eigenvalue weighted by Gasteiger charge is -2.15. The number of fused-ring (bicyclic) bond motifs is 1. The lowest BCUT2D eigenvalue weighted by Crippen LogP contribution is -2.16. The Kier molecular flexibility index (Phi) is 4.58. The van der Waals surface area contributed by atoms with Gasteiger partial charge in [0.1, 0.15) is 11.3 Å². The van der Waals surface area contributed by atoms with E-state index in [-0.39, 0.29) is 22.8 Å². The van der Waals surface area contributed by atoms with Crippen LogP contribution in [0.1, 0.15) is 77.8 Å². The smallest absolute Gasteiger partial charge is 0.336 e. The van der Waals surface area contributed by atoms with Gasteiger partial charge in [0.25, 0.3) is 0 Å². The first kappa shape index (κ1) is 18.5. The highest BCUT2D eigenvalue weighted by Crippen LogP contribution is 2.55. The quantitative estimate of drug-likeness (QED) is 0.643. The maximum atomic E-state index is 13.4. The van der Waals surface area contributed by atoms with Gasteiger partial charge < -0.3 is 9.52 Å². The van der Waals surface area contributed by atoms with Crippen molar-refractivity contribution in [1.29, 1.82) is 0 Å². The zero-order valence-electron chi connectivity index (χ0n) is 16.4. The summed E-state index contributed by atoms with van der Waals surface area (Å²) in [5.41, 5.74) is 3.10. The molecule has 0 saturated heterocycles. The molecule has 1 aliphatic rings. The molecule has 2 atom stereocenters. The molecule has 0 aliphatic heterocycles. The van der Waals surface area contributed by atoms with Gasteiger partial charge in [0, 0.05) is 11.5 Å². The van der Waals surface area contributed by atoms with E-state index in [0.29, 0.717) is 34.4 Å². The first-order valence-electron chi connectivity index (χ1n) is 9.84. The number of aromatic carboxylic acids is 1. The Labute approximate surface area is 163 Å². The van der Waals surface area contributed by atoms with Crippen LogP contribution in [-0.2, 0) is 6.42 Å². The van der Waals surface area contributed by atoms with E-state index in [1.165, 1.54) is 5.56 Å². The fourth-order valence-corrected chi connectivity index (χ4v) is 4.34. The molecule has 1 heterocycles. The van der Waals surface area contributed by atoms with Crippen LogP contribution in [0.3, 0.4) is 0 Å². The van der Waals surface area contributed by atoms with Crippen LogP contribution < -0.4 is 5.43 Å². The maximum Gasteiger partial charge on any atom is 0.336 e. The van der Waals surface area contributed by atoms with Crippen molar-refractivity contribution in [3.8, 4) is 0 Å². The van der Waals surface area contributed by atoms with Gasteiger partial charge in [-0.1, -0.05) is 51.1 Å². The Balaban J connectivity index is 1.90. The fraction of sp³-hybridized carbons (Fsp3) is 0.333. The molecule has 28 heavy (non-hydrogen) atoms. The van der Waals surface area contributed by atoms with Crippen LogP contribution in [0.25, 0.3) is 11.0 Å². The first-order chi connectivity index (χ1) is 13.4. The van der Waals surface area contributed by atoms with E-state index in [9.17, 15) is 14.7 Å². The van der Waals surface area contributed by atoms with Crippen molar-refractivity contribution in [1.82, 2.24) is 0 Å². The summed E-state index contributed by atoms with van der Waals surface area (Å²) in [6.07, 6.45) is 1.54. The van der Waals surface area contributed by atoms with Gasteiger partial charge in [-0.3, -0.25) is 4.79 Å². The lowest BCUT2D eigenvalue weighted by molar-refractivity contribution is 0.0695. The van der Waals surface area contributed by atoms with Crippen molar-refractivity contribution in [2.75, 3.05) is 0 Å². The van der Waals surface area contributed by atoms with Crippen LogP contribution >= 0.6 is 0 Å². The van der Waals surface area contributed by atoms with Gasteiger partial charge in [-0.15, -0.1) is 0 Å². The summed E-state index contributed by atoms with van der Waals surface area (Å²) >= 11 is 0. The molecule has 4 nitrogen and oxygen atoms in total. The molecule has 2 unspecified atom stereocenters. The Morgan fingerprint density at radius 3 is 2.46 bits per heavy atom. The third-order valence-corrected chi connectivity index (χ3v) is 5.74. The summed E-state index contributed by atoms with van der Waals surface area (Å²) in [6.45, 7) is 5.77. The molecular formula is C24H24O4. The van der Waals surface area contributed by atoms with Crippen LogP contribution in [0.15, 0.2) is 51.7 Å². The third-order valence-electron chi connectivity index (χ3n) is 5.74. The summed E-state index contributed by atoms with van der Waals surface area (Å²) in [5.74, 6) is 0.238. The van der Waals surface area contributed by atoms with Crippen molar-refractivity contribution < 1.29 is 14.3 Å². The van der Waals surface area contributed by atoms with Gasteiger partial charge in [-0.25, -0.2) is 4.79 Å². The normalized spacial score (nSPS) is 18.6. The van der Waals surface area contributed by atoms with E-state index in [1.54, 1.807) is 12.1 Å². The van der Waals surface area contributed by atoms with Crippen LogP contribution in [0, 0.1) is 0 Å². The molecule has 4 rings (SSSR count). The zero-order chi connectivity index (χ0) is 20.0. The Bertz CT molecular complexity index is 1110. The van der Waals surface area contributed by atoms with Gasteiger partial charge in [0.05, 0.1) is 10.9 Å². The van der Waals surface area contributed by atoms with Crippen molar-refractivity contribution in [3.05, 3.63) is 80.7 Å². The molecular weight excluding hydrogens is 352 g/mol. The fourth-order valence-electron chi connectivity index (χ4n) is 4.34. The minimum Gasteiger partial charge on any atom is -0.478 e. The summed E-state index contributed by atoms with van der Waals surface area (Å²) in [7, 11) is 0. The average molecular weight is 376 g/mol. The number of carbonyl (C=O) groups is 1. The minimum absolute atomic E-state index is 0.0794. The highest BCUT2D eigenvalue weighted by Gasteiger charge is 2.43. The number of benzene rings is 2. The van der Waals surface area contributed by atoms with Crippen molar-refractivity contribution in [3.63, 3.8) is 0 Å². The van der Waals surface area contributed by atoms with Crippen LogP contribution in [0.2, 0.25) is 0 Å². The van der Waals surface area contributed by atoms with E-state index >= 15 is 0 Å². The number of hydrogen-bond donors (Lipinski definition) is 1. The average Bonchev–Trinajstić information content (AvgIpc) is 3.48. The Morgan fingerprint density at radius 2 is 1.86 bits per heavy atom. The second kappa shape index (κ2) is 6.93. The second-order valence-electron chi connectivity index (χ2n) is 7.85. The SMILES string of the molecule is CCc1c(C2CC2c2ccccc2)oc2ccc(C(=O)O)c(C(C)C)c2c1=O. The molecule has 4 heteroatoms. The molecule has 1 N–H and O–H groups in total. The van der Waals surface area contributed by atoms with E-state index in [0.717, 1.165) is 12.2 Å². The molecule has 0 radical (unpaired) electrons. The van der Waals surface area contributed by atoms with Gasteiger partial charge in [-0.05, 0) is 47.9 Å². The van der Waals surface area contributed by atoms with Crippen LogP contribution in [-0.4, -0.2) is 11.1 Å². The minimum atomic E-state index is -1.02. The number of rotatable bonds is 5. The van der Waals surface area contributed by atoms with Crippen molar-refractivity contribution >= 4 is 16.9 Å². The zero-order valence-corrected chi connectivity index (χ0v) is 16.4. The largest absolute Gasteiger partial charge is 0.478 e. The number of hydrogen-bond acceptors (Lipinski definition) is 3. The van der Waals surface area contributed by atoms with Crippen molar-refractivity contribution in [2.24, 2.45) is 0 Å². The first-order valence-corrected chi connectivity index (χ1v) is 9.84. The standard InChI is InChI=1S/C24H24O4/c1-4-15-22(25)21-19(11-10-16(24(26)27)20(21)13(2)3)28-23(15)18-12-17(18)14-8-6-5-7-9-14/h5-11,13,17-18H,4,12H2,1-3H3,(H,26,27). The molecule has 3 aromatic rings. The summed E-state index contributed by atoms with van der Waals surface area (Å²) in [5, 5.41) is 10.00. The molecule has 144 valence electrons. The number of carboxylic acids is 1. The maximum absolute atomic E-state index is 13.4. The molecule has 1 saturated carbocycles. The van der Waals surface area contributed by atoms with Gasteiger partial charge in [-0.2, -0.15) is 0 Å². The van der Waals surface area contributed by atoms with Crippen molar-refractivity contribution in [2.45, 2.75) is 51.4 Å².